The van der Waals surface area contributed by atoms with E-state index < -0.39 is 0 Å². The first-order chi connectivity index (χ1) is 61.0. The highest BCUT2D eigenvalue weighted by Crippen LogP contribution is 2.50. The molecule has 0 saturated carbocycles. The average Bonchev–Trinajstić information content (AvgIpc) is 1.55. The maximum Gasteiger partial charge on any atom is 0.235 e. The quantitative estimate of drug-likeness (QED) is 0.122. The van der Waals surface area contributed by atoms with E-state index in [1.54, 1.807) is 0 Å². The minimum atomic E-state index is 0.649. The maximum atomic E-state index is 5.69. The first-order valence-corrected chi connectivity index (χ1v) is 43.3. The van der Waals surface area contributed by atoms with Crippen LogP contribution in [0, 0.1) is 0 Å². The third-order valence-corrected chi connectivity index (χ3v) is 26.8. The van der Waals surface area contributed by atoms with Crippen LogP contribution in [-0.4, -0.2) is 29.1 Å². The second-order valence-corrected chi connectivity index (χ2v) is 33.6. The van der Waals surface area contributed by atoms with Gasteiger partial charge in [0.15, 0.2) is 5.82 Å². The third-order valence-electron chi connectivity index (χ3n) is 24.4. The molecule has 9 heteroatoms. The summed E-state index contributed by atoms with van der Waals surface area (Å²) in [5, 5.41) is 16.9. The summed E-state index contributed by atoms with van der Waals surface area (Å²) in [6, 6.07) is 154. The lowest BCUT2D eigenvalue weighted by atomic mass is 9.94. The van der Waals surface area contributed by atoms with E-state index in [2.05, 4.69) is 445 Å². The lowest BCUT2D eigenvalue weighted by Crippen LogP contribution is -2.09. The molecule has 6 heterocycles. The second kappa shape index (κ2) is 29.6. The Labute approximate surface area is 716 Å². The lowest BCUT2D eigenvalue weighted by Gasteiger charge is -2.26. The SMILES string of the molecule is c1ccc(-c2cc(-c3nc(-n4c5ccccc5c5cc6c7ccccc7n(-c7ccccc7)c6cc54)nc4ccccc34)c3sc4c5ccccc5ccc4c3c2)cc1.c1ccc(-c2ccc(N(c3ccccc3)c3ccc(-c4ccc(-c5nc(-c6cc(-c7ccccc7)cc7sc8c9ccccc9ccc8c67)c6ccccc6n5)cc4)cc3)cc2)cc1. The molecule has 6 aromatic heterocycles. The van der Waals surface area contributed by atoms with Crippen LogP contribution in [0.25, 0.3) is 217 Å². The van der Waals surface area contributed by atoms with E-state index in [1.165, 1.54) is 117 Å². The predicted molar refractivity (Wildman–Crippen MR) is 521 cm³/mol. The highest BCUT2D eigenvalue weighted by atomic mass is 32.1. The van der Waals surface area contributed by atoms with Crippen LogP contribution >= 0.6 is 22.7 Å². The van der Waals surface area contributed by atoms with E-state index in [9.17, 15) is 0 Å². The van der Waals surface area contributed by atoms with Gasteiger partial charge in [-0.05, 0) is 175 Å². The molecular formula is C114H71N7S2. The molecule has 574 valence electrons. The van der Waals surface area contributed by atoms with Gasteiger partial charge in [-0.15, -0.1) is 22.7 Å². The summed E-state index contributed by atoms with van der Waals surface area (Å²) < 4.78 is 9.73. The maximum absolute atomic E-state index is 5.69. The standard InChI is InChI=1S/C60H39N3S.C54H32N4S/c1-4-14-40(15-5-1)43-28-33-49(34-29-43)63(48-19-8-3-9-20-48)50-35-30-44(31-36-50)42-24-26-46(27-25-42)60-61-55-23-13-12-22-52(55)58(62-60)54-38-47(41-16-6-2-7-17-41)39-56-57(54)53-37-32-45-18-10-11-21-51(45)59(53)64-56;1-3-15-33(16-4-1)35-29-44-40-28-27-34-17-7-8-20-37(34)52(40)59-53(44)45(30-35)51-41-23-9-12-24-46(41)55-54(56-51)58-48-26-14-11-22-39(48)43-31-42-38-21-10-13-25-47(38)57(49(42)32-50(43)58)36-18-5-2-6-19-36/h1-39H;1-32H. The highest BCUT2D eigenvalue weighted by Gasteiger charge is 2.26. The largest absolute Gasteiger partial charge is 0.311 e. The molecule has 0 aliphatic heterocycles. The number of benzene rings is 19. The molecule has 0 N–H and O–H groups in total. The number of aromatic nitrogens is 6. The predicted octanol–water partition coefficient (Wildman–Crippen LogP) is 31.6. The molecule has 0 saturated heterocycles. The lowest BCUT2D eigenvalue weighted by molar-refractivity contribution is 1.01. The zero-order valence-corrected chi connectivity index (χ0v) is 68.1. The number of hydrogen-bond acceptors (Lipinski definition) is 7. The van der Waals surface area contributed by atoms with Crippen LogP contribution in [0.15, 0.2) is 431 Å². The number of rotatable bonds is 12. The van der Waals surface area contributed by atoms with Crippen molar-refractivity contribution in [2.45, 2.75) is 0 Å². The third kappa shape index (κ3) is 12.3. The molecule has 0 bridgehead atoms. The van der Waals surface area contributed by atoms with Crippen LogP contribution in [0.1, 0.15) is 0 Å². The van der Waals surface area contributed by atoms with Gasteiger partial charge in [0.05, 0.1) is 44.5 Å². The Balaban J connectivity index is 0.000000139. The Hall–Kier alpha value is -15.8. The van der Waals surface area contributed by atoms with Crippen molar-refractivity contribution in [3.8, 4) is 90.0 Å². The molecule has 25 aromatic rings. The van der Waals surface area contributed by atoms with E-state index in [0.29, 0.717) is 11.8 Å². The van der Waals surface area contributed by atoms with Crippen molar-refractivity contribution in [2.24, 2.45) is 0 Å². The highest BCUT2D eigenvalue weighted by molar-refractivity contribution is 7.27. The Bertz CT molecular complexity index is 8460. The van der Waals surface area contributed by atoms with Crippen molar-refractivity contribution in [1.29, 1.82) is 0 Å². The number of hydrogen-bond donors (Lipinski definition) is 0. The molecule has 123 heavy (non-hydrogen) atoms. The van der Waals surface area contributed by atoms with Gasteiger partial charge in [0.2, 0.25) is 5.95 Å². The average molecular weight is 1600 g/mol. The number of nitrogens with zero attached hydrogens (tertiary/aromatic N) is 7. The molecule has 19 aromatic carbocycles. The number of fused-ring (bicyclic) bond motifs is 18. The molecule has 0 spiro atoms. The fourth-order valence-electron chi connectivity index (χ4n) is 18.6. The molecule has 7 nitrogen and oxygen atoms in total. The van der Waals surface area contributed by atoms with Crippen LogP contribution < -0.4 is 4.90 Å². The second-order valence-electron chi connectivity index (χ2n) is 31.5. The minimum Gasteiger partial charge on any atom is -0.311 e. The summed E-state index contributed by atoms with van der Waals surface area (Å²) in [5.74, 6) is 1.35. The summed E-state index contributed by atoms with van der Waals surface area (Å²) >= 11 is 3.73. The van der Waals surface area contributed by atoms with Gasteiger partial charge in [0, 0.05) is 112 Å². The van der Waals surface area contributed by atoms with E-state index in [-0.39, 0.29) is 0 Å². The fourth-order valence-corrected chi connectivity index (χ4v) is 21.2. The Morgan fingerprint density at radius 3 is 1.24 bits per heavy atom. The fraction of sp³-hybridized carbons (Fsp3) is 0. The van der Waals surface area contributed by atoms with Crippen LogP contribution in [0.5, 0.6) is 0 Å². The molecule has 0 unspecified atom stereocenters. The molecule has 25 rings (SSSR count). The molecule has 0 aliphatic carbocycles. The van der Waals surface area contributed by atoms with E-state index in [4.69, 9.17) is 19.9 Å². The molecule has 0 amide bonds. The van der Waals surface area contributed by atoms with Gasteiger partial charge in [-0.25, -0.2) is 19.9 Å². The summed E-state index contributed by atoms with van der Waals surface area (Å²) in [7, 11) is 0. The van der Waals surface area contributed by atoms with Crippen molar-refractivity contribution < 1.29 is 0 Å². The van der Waals surface area contributed by atoms with Gasteiger partial charge in [-0.2, -0.15) is 0 Å². The Morgan fingerprint density at radius 2 is 0.642 bits per heavy atom. The summed E-state index contributed by atoms with van der Waals surface area (Å²) in [6.45, 7) is 0. The van der Waals surface area contributed by atoms with Gasteiger partial charge >= 0.3 is 0 Å². The van der Waals surface area contributed by atoms with Crippen LogP contribution in [0.4, 0.5) is 17.1 Å². The smallest absolute Gasteiger partial charge is 0.235 e. The van der Waals surface area contributed by atoms with E-state index >= 15 is 0 Å². The van der Waals surface area contributed by atoms with Gasteiger partial charge in [0.1, 0.15) is 0 Å². The zero-order chi connectivity index (χ0) is 81.0. The molecular weight excluding hydrogens is 1530 g/mol. The van der Waals surface area contributed by atoms with Gasteiger partial charge < -0.3 is 9.47 Å². The van der Waals surface area contributed by atoms with Crippen LogP contribution in [0.3, 0.4) is 0 Å². The van der Waals surface area contributed by atoms with Crippen molar-refractivity contribution in [3.05, 3.63) is 431 Å². The topological polar surface area (TPSA) is 64.7 Å². The number of para-hydroxylation sites is 6. The van der Waals surface area contributed by atoms with Crippen LogP contribution in [0.2, 0.25) is 0 Å². The molecule has 0 fully saturated rings. The molecule has 0 atom stereocenters. The number of thiophene rings is 2. The summed E-state index contributed by atoms with van der Waals surface area (Å²) in [6.07, 6.45) is 0. The van der Waals surface area contributed by atoms with E-state index in [1.807, 2.05) is 22.7 Å². The molecule has 0 radical (unpaired) electrons. The van der Waals surface area contributed by atoms with Gasteiger partial charge in [-0.3, -0.25) is 4.57 Å². The Kier molecular flexibility index (Phi) is 17.2. The summed E-state index contributed by atoms with van der Waals surface area (Å²) in [4.78, 5) is 24.1. The van der Waals surface area contributed by atoms with Crippen molar-refractivity contribution in [3.63, 3.8) is 0 Å². The Morgan fingerprint density at radius 1 is 0.220 bits per heavy atom. The normalized spacial score (nSPS) is 11.7. The van der Waals surface area contributed by atoms with Crippen LogP contribution in [-0.2, 0) is 0 Å². The van der Waals surface area contributed by atoms with Crippen molar-refractivity contribution in [1.82, 2.24) is 29.1 Å². The minimum absolute atomic E-state index is 0.649. The van der Waals surface area contributed by atoms with Gasteiger partial charge in [-0.1, -0.05) is 322 Å². The van der Waals surface area contributed by atoms with Crippen molar-refractivity contribution in [2.75, 3.05) is 4.90 Å². The monoisotopic (exact) mass is 1600 g/mol. The number of anilines is 3. The summed E-state index contributed by atoms with van der Waals surface area (Å²) in [5.41, 5.74) is 25.1. The van der Waals surface area contributed by atoms with Crippen molar-refractivity contribution >= 4 is 167 Å². The molecule has 0 aliphatic rings. The zero-order valence-electron chi connectivity index (χ0n) is 66.4. The first-order valence-electron chi connectivity index (χ1n) is 41.6. The first kappa shape index (κ1) is 71.3. The van der Waals surface area contributed by atoms with Gasteiger partial charge in [0.25, 0.3) is 0 Å². The van der Waals surface area contributed by atoms with E-state index in [0.717, 1.165) is 106 Å².